The Morgan fingerprint density at radius 1 is 0.724 bits per heavy atom. The van der Waals surface area contributed by atoms with E-state index in [1.807, 2.05) is 0 Å². The molecule has 0 fully saturated rings. The summed E-state index contributed by atoms with van der Waals surface area (Å²) in [6.45, 7) is 0. The highest BCUT2D eigenvalue weighted by atomic mass is 35.5. The van der Waals surface area contributed by atoms with E-state index < -0.39 is 37.0 Å². The second-order valence-corrected chi connectivity index (χ2v) is 9.28. The van der Waals surface area contributed by atoms with Crippen LogP contribution in [0.2, 0.25) is 20.1 Å². The van der Waals surface area contributed by atoms with Crippen molar-refractivity contribution in [1.82, 2.24) is 0 Å². The van der Waals surface area contributed by atoms with E-state index in [1.54, 1.807) is 0 Å². The third-order valence-corrected chi connectivity index (χ3v) is 7.24. The molecule has 0 spiro atoms. The Morgan fingerprint density at radius 3 is 1.83 bits per heavy atom. The second-order valence-electron chi connectivity index (χ2n) is 6.08. The fraction of sp³-hybridized carbons (Fsp3) is 0.0526. The van der Waals surface area contributed by atoms with Crippen LogP contribution in [0.3, 0.4) is 0 Å². The van der Waals surface area contributed by atoms with E-state index in [0.29, 0.717) is 5.02 Å². The number of rotatable bonds is 4. The number of phenolic OH excluding ortho intramolecular Hbond substituents is 2. The molecule has 3 N–H and O–H groups in total. The van der Waals surface area contributed by atoms with Crippen molar-refractivity contribution in [3.8, 4) is 11.5 Å². The minimum absolute atomic E-state index is 0.00178. The van der Waals surface area contributed by atoms with Crippen LogP contribution in [0.25, 0.3) is 0 Å². The van der Waals surface area contributed by atoms with Gasteiger partial charge in [-0.25, -0.2) is 0 Å². The van der Waals surface area contributed by atoms with E-state index in [0.717, 1.165) is 12.1 Å². The van der Waals surface area contributed by atoms with E-state index in [9.17, 15) is 23.2 Å². The zero-order valence-electron chi connectivity index (χ0n) is 14.3. The van der Waals surface area contributed by atoms with E-state index in [2.05, 4.69) is 0 Å². The summed E-state index contributed by atoms with van der Waals surface area (Å²) in [7, 11) is -5.09. The summed E-state index contributed by atoms with van der Waals surface area (Å²) < 4.78 is 33.9. The quantitative estimate of drug-likeness (QED) is 0.239. The Balaban J connectivity index is 2.61. The highest BCUT2D eigenvalue weighted by Gasteiger charge is 2.52. The van der Waals surface area contributed by atoms with Crippen molar-refractivity contribution >= 4 is 56.5 Å². The van der Waals surface area contributed by atoms with Crippen molar-refractivity contribution in [3.63, 3.8) is 0 Å². The number of hydrogen-bond acceptors (Lipinski definition) is 4. The molecule has 0 heterocycles. The normalized spacial score (nSPS) is 13.8. The summed E-state index contributed by atoms with van der Waals surface area (Å²) in [5.74, 6) is -1.08. The van der Waals surface area contributed by atoms with Crippen molar-refractivity contribution < 1.29 is 23.2 Å². The number of benzene rings is 3. The van der Waals surface area contributed by atoms with Crippen LogP contribution in [0.15, 0.2) is 54.6 Å². The predicted octanol–water partition coefficient (Wildman–Crippen LogP) is 5.89. The van der Waals surface area contributed by atoms with Gasteiger partial charge in [-0.05, 0) is 47.5 Å². The molecular weight excluding hydrogens is 482 g/mol. The molecule has 29 heavy (non-hydrogen) atoms. The average Bonchev–Trinajstić information content (AvgIpc) is 2.64. The first-order chi connectivity index (χ1) is 13.5. The predicted molar refractivity (Wildman–Crippen MR) is 114 cm³/mol. The third kappa shape index (κ3) is 3.65. The monoisotopic (exact) mass is 492 g/mol. The molecule has 0 bridgehead atoms. The summed E-state index contributed by atoms with van der Waals surface area (Å²) >= 11 is 24.2. The first-order valence-electron chi connectivity index (χ1n) is 7.89. The van der Waals surface area contributed by atoms with Gasteiger partial charge in [0.05, 0.1) is 15.1 Å². The number of halogens is 4. The molecular formula is C19H12Cl4O5S. The van der Waals surface area contributed by atoms with Gasteiger partial charge in [0.2, 0.25) is 0 Å². The Kier molecular flexibility index (Phi) is 5.98. The summed E-state index contributed by atoms with van der Waals surface area (Å²) in [4.78, 5) is 0. The molecule has 0 saturated carbocycles. The van der Waals surface area contributed by atoms with Gasteiger partial charge >= 0.3 is 0 Å². The van der Waals surface area contributed by atoms with Gasteiger partial charge in [0.15, 0.2) is 4.75 Å². The molecule has 0 aliphatic carbocycles. The van der Waals surface area contributed by atoms with Crippen LogP contribution in [-0.4, -0.2) is 23.2 Å². The third-order valence-electron chi connectivity index (χ3n) is 4.42. The Labute approximate surface area is 186 Å². The molecule has 3 rings (SSSR count). The maximum absolute atomic E-state index is 12.9. The summed E-state index contributed by atoms with van der Waals surface area (Å²) in [6, 6.07) is 11.5. The molecule has 0 aromatic heterocycles. The zero-order valence-corrected chi connectivity index (χ0v) is 18.1. The van der Waals surface area contributed by atoms with Crippen molar-refractivity contribution in [1.29, 1.82) is 0 Å². The Morgan fingerprint density at radius 2 is 1.28 bits per heavy atom. The van der Waals surface area contributed by atoms with Crippen molar-refractivity contribution in [3.05, 3.63) is 91.4 Å². The molecule has 0 radical (unpaired) electrons. The molecule has 0 aliphatic rings. The fourth-order valence-corrected chi connectivity index (χ4v) is 5.28. The van der Waals surface area contributed by atoms with Crippen molar-refractivity contribution in [2.45, 2.75) is 4.75 Å². The van der Waals surface area contributed by atoms with E-state index in [-0.39, 0.29) is 21.2 Å². The Bertz CT molecular complexity index is 1200. The first kappa shape index (κ1) is 22.0. The van der Waals surface area contributed by atoms with E-state index in [4.69, 9.17) is 46.4 Å². The molecule has 5 nitrogen and oxygen atoms in total. The maximum atomic E-state index is 12.9. The molecule has 10 heteroatoms. The van der Waals surface area contributed by atoms with Crippen LogP contribution in [0.5, 0.6) is 11.5 Å². The van der Waals surface area contributed by atoms with Gasteiger partial charge < -0.3 is 10.2 Å². The number of hydrogen-bond donors (Lipinski definition) is 3. The summed E-state index contributed by atoms with van der Waals surface area (Å²) in [6.07, 6.45) is 0. The first-order valence-corrected chi connectivity index (χ1v) is 10.8. The molecule has 0 saturated heterocycles. The SMILES string of the molecule is O=S(=O)(O)C(c1ccc(Cl)cc1)(c1ccc(Cl)c(Cl)c1)c1c(O)ccc(O)c1Cl. The molecule has 1 unspecified atom stereocenters. The Hall–Kier alpha value is -1.67. The highest BCUT2D eigenvalue weighted by molar-refractivity contribution is 7.87. The largest absolute Gasteiger partial charge is 0.508 e. The minimum atomic E-state index is -5.09. The van der Waals surface area contributed by atoms with Gasteiger partial charge in [0.1, 0.15) is 11.5 Å². The molecule has 0 aliphatic heterocycles. The number of aromatic hydroxyl groups is 2. The van der Waals surface area contributed by atoms with Crippen LogP contribution in [0.4, 0.5) is 0 Å². The van der Waals surface area contributed by atoms with Crippen LogP contribution in [0.1, 0.15) is 16.7 Å². The fourth-order valence-electron chi connectivity index (χ4n) is 3.17. The van der Waals surface area contributed by atoms with Gasteiger partial charge in [-0.1, -0.05) is 64.6 Å². The molecule has 1 atom stereocenters. The van der Waals surface area contributed by atoms with Crippen molar-refractivity contribution in [2.75, 3.05) is 0 Å². The molecule has 152 valence electrons. The van der Waals surface area contributed by atoms with Gasteiger partial charge in [0, 0.05) is 10.6 Å². The van der Waals surface area contributed by atoms with Crippen LogP contribution < -0.4 is 0 Å². The number of phenols is 2. The standard InChI is InChI=1S/C19H12Cl4O5S/c20-12-4-1-10(2-5-12)19(29(26,27)28,11-3-6-13(21)14(22)9-11)17-15(24)7-8-16(25)18(17)23/h1-9,24-25H,(H,26,27,28). The topological polar surface area (TPSA) is 94.8 Å². The highest BCUT2D eigenvalue weighted by Crippen LogP contribution is 2.52. The van der Waals surface area contributed by atoms with Gasteiger partial charge in [0.25, 0.3) is 10.1 Å². The lowest BCUT2D eigenvalue weighted by Gasteiger charge is -2.34. The smallest absolute Gasteiger partial charge is 0.283 e. The minimum Gasteiger partial charge on any atom is -0.508 e. The van der Waals surface area contributed by atoms with Gasteiger partial charge in [-0.15, -0.1) is 0 Å². The lowest BCUT2D eigenvalue weighted by Crippen LogP contribution is -2.38. The summed E-state index contributed by atoms with van der Waals surface area (Å²) in [5, 5.41) is 20.6. The average molecular weight is 494 g/mol. The molecule has 0 amide bonds. The van der Waals surface area contributed by atoms with Crippen molar-refractivity contribution in [2.24, 2.45) is 0 Å². The maximum Gasteiger partial charge on any atom is 0.283 e. The van der Waals surface area contributed by atoms with Gasteiger partial charge in [-0.3, -0.25) is 4.55 Å². The summed E-state index contributed by atoms with van der Waals surface area (Å²) in [5.41, 5.74) is -0.535. The zero-order chi connectivity index (χ0) is 21.6. The molecule has 3 aromatic rings. The van der Waals surface area contributed by atoms with Gasteiger partial charge in [-0.2, -0.15) is 8.42 Å². The molecule has 3 aromatic carbocycles. The lowest BCUT2D eigenvalue weighted by molar-refractivity contribution is 0.434. The van der Waals surface area contributed by atoms with Crippen LogP contribution in [0, 0.1) is 0 Å². The van der Waals surface area contributed by atoms with Crippen LogP contribution in [-0.2, 0) is 14.9 Å². The second kappa shape index (κ2) is 7.87. The lowest BCUT2D eigenvalue weighted by atomic mass is 9.83. The van der Waals surface area contributed by atoms with E-state index >= 15 is 0 Å². The van der Waals surface area contributed by atoms with Crippen LogP contribution >= 0.6 is 46.4 Å². The van der Waals surface area contributed by atoms with E-state index in [1.165, 1.54) is 42.5 Å².